The molecule has 1 aliphatic heterocycles. The van der Waals surface area contributed by atoms with Crippen molar-refractivity contribution >= 4 is 0 Å². The number of aliphatic hydroxyl groups excluding tert-OH is 2. The van der Waals surface area contributed by atoms with Gasteiger partial charge in [0, 0.05) is 12.1 Å². The van der Waals surface area contributed by atoms with Crippen LogP contribution >= 0.6 is 0 Å². The fourth-order valence-corrected chi connectivity index (χ4v) is 2.09. The fourth-order valence-electron chi connectivity index (χ4n) is 2.09. The second kappa shape index (κ2) is 3.71. The molecule has 1 heterocycles. The number of aliphatic hydroxyl groups is 2. The molecule has 2 rings (SSSR count). The van der Waals surface area contributed by atoms with E-state index in [1.54, 1.807) is 5.92 Å². The van der Waals surface area contributed by atoms with Crippen molar-refractivity contribution in [2.45, 2.75) is 37.0 Å². The lowest BCUT2D eigenvalue weighted by molar-refractivity contribution is -0.0394. The summed E-state index contributed by atoms with van der Waals surface area (Å²) in [7, 11) is 0. The first-order chi connectivity index (χ1) is 7.05. The number of β-amino-alcohol motifs (C(OH)–C–C–N with tert-alkyl or cyclic N) is 1. The number of halogens is 2. The van der Waals surface area contributed by atoms with Crippen molar-refractivity contribution in [1.82, 2.24) is 5.32 Å². The lowest BCUT2D eigenvalue weighted by Crippen LogP contribution is -2.57. The molecule has 3 nitrogen and oxygen atoms in total. The van der Waals surface area contributed by atoms with Gasteiger partial charge < -0.3 is 15.5 Å². The quantitative estimate of drug-likeness (QED) is 0.489. The van der Waals surface area contributed by atoms with Crippen molar-refractivity contribution in [3.8, 4) is 11.8 Å². The third-order valence-electron chi connectivity index (χ3n) is 3.13. The van der Waals surface area contributed by atoms with Crippen molar-refractivity contribution in [2.75, 3.05) is 6.54 Å². The van der Waals surface area contributed by atoms with Crippen molar-refractivity contribution < 1.29 is 19.0 Å². The molecule has 1 aliphatic carbocycles. The largest absolute Gasteiger partial charge is 0.389 e. The molecule has 0 aromatic heterocycles. The van der Waals surface area contributed by atoms with E-state index in [0.717, 1.165) is 12.8 Å². The standard InChI is InChI=1S/C10H13F2NO2/c11-8(12)2-1-6-9(15)7(14)5-13-10(6)3-4-10/h6-9,13-15H,3-5H2. The molecule has 0 aromatic rings. The lowest BCUT2D eigenvalue weighted by Gasteiger charge is -2.37. The van der Waals surface area contributed by atoms with Crippen LogP contribution in [0.1, 0.15) is 12.8 Å². The van der Waals surface area contributed by atoms with Crippen molar-refractivity contribution in [3.05, 3.63) is 0 Å². The van der Waals surface area contributed by atoms with Crippen LogP contribution in [0.4, 0.5) is 8.78 Å². The van der Waals surface area contributed by atoms with Crippen LogP contribution in [-0.2, 0) is 0 Å². The van der Waals surface area contributed by atoms with E-state index >= 15 is 0 Å². The monoisotopic (exact) mass is 217 g/mol. The van der Waals surface area contributed by atoms with E-state index in [0.29, 0.717) is 6.54 Å². The molecule has 1 saturated carbocycles. The Balaban J connectivity index is 2.15. The highest BCUT2D eigenvalue weighted by Gasteiger charge is 2.55. The van der Waals surface area contributed by atoms with Gasteiger partial charge in [0.25, 0.3) is 6.43 Å². The van der Waals surface area contributed by atoms with Gasteiger partial charge in [-0.3, -0.25) is 0 Å². The molecule has 1 saturated heterocycles. The average Bonchev–Trinajstić information content (AvgIpc) is 2.93. The summed E-state index contributed by atoms with van der Waals surface area (Å²) in [5.41, 5.74) is -0.333. The summed E-state index contributed by atoms with van der Waals surface area (Å²) < 4.78 is 23.9. The van der Waals surface area contributed by atoms with Gasteiger partial charge in [0.05, 0.1) is 18.1 Å². The van der Waals surface area contributed by atoms with Gasteiger partial charge >= 0.3 is 0 Å². The van der Waals surface area contributed by atoms with Crippen molar-refractivity contribution in [2.24, 2.45) is 5.92 Å². The zero-order valence-electron chi connectivity index (χ0n) is 8.08. The maximum Gasteiger partial charge on any atom is 0.298 e. The third-order valence-corrected chi connectivity index (χ3v) is 3.13. The van der Waals surface area contributed by atoms with E-state index in [9.17, 15) is 19.0 Å². The van der Waals surface area contributed by atoms with E-state index in [1.807, 2.05) is 0 Å². The topological polar surface area (TPSA) is 52.5 Å². The van der Waals surface area contributed by atoms with Crippen LogP contribution in [0, 0.1) is 17.8 Å². The van der Waals surface area contributed by atoms with E-state index < -0.39 is 24.6 Å². The zero-order valence-corrected chi connectivity index (χ0v) is 8.08. The average molecular weight is 217 g/mol. The van der Waals surface area contributed by atoms with Gasteiger partial charge in [-0.25, -0.2) is 0 Å². The Kier molecular flexibility index (Phi) is 2.67. The van der Waals surface area contributed by atoms with Gasteiger partial charge in [-0.05, 0) is 18.8 Å². The van der Waals surface area contributed by atoms with Crippen LogP contribution in [0.5, 0.6) is 0 Å². The summed E-state index contributed by atoms with van der Waals surface area (Å²) in [6.45, 7) is 0.300. The number of hydrogen-bond donors (Lipinski definition) is 3. The van der Waals surface area contributed by atoms with Gasteiger partial charge in [0.15, 0.2) is 0 Å². The Hall–Kier alpha value is -0.700. The predicted molar refractivity (Wildman–Crippen MR) is 49.3 cm³/mol. The second-order valence-electron chi connectivity index (χ2n) is 4.16. The molecule has 0 radical (unpaired) electrons. The molecule has 0 aromatic carbocycles. The lowest BCUT2D eigenvalue weighted by atomic mass is 9.85. The summed E-state index contributed by atoms with van der Waals surface area (Å²) in [6.07, 6.45) is -3.00. The minimum atomic E-state index is -2.69. The molecule has 15 heavy (non-hydrogen) atoms. The fraction of sp³-hybridized carbons (Fsp3) is 0.800. The maximum absolute atomic E-state index is 11.9. The first kappa shape index (κ1) is 10.8. The van der Waals surface area contributed by atoms with Crippen molar-refractivity contribution in [1.29, 1.82) is 0 Å². The Morgan fingerprint density at radius 1 is 1.33 bits per heavy atom. The summed E-state index contributed by atoms with van der Waals surface area (Å²) in [5.74, 6) is 3.56. The predicted octanol–water partition coefficient (Wildman–Crippen LogP) is -0.271. The van der Waals surface area contributed by atoms with E-state index in [-0.39, 0.29) is 5.54 Å². The molecule has 0 amide bonds. The van der Waals surface area contributed by atoms with Crippen LogP contribution in [0.25, 0.3) is 0 Å². The molecule has 0 bridgehead atoms. The summed E-state index contributed by atoms with van der Waals surface area (Å²) in [6, 6.07) is 0. The van der Waals surface area contributed by atoms with Gasteiger partial charge in [-0.1, -0.05) is 5.92 Å². The molecule has 84 valence electrons. The number of rotatable bonds is 0. The molecule has 5 heteroatoms. The van der Waals surface area contributed by atoms with Crippen LogP contribution in [0.15, 0.2) is 0 Å². The molecule has 2 aliphatic rings. The summed E-state index contributed by atoms with van der Waals surface area (Å²) in [4.78, 5) is 0. The third kappa shape index (κ3) is 1.98. The minimum Gasteiger partial charge on any atom is -0.389 e. The number of nitrogens with one attached hydrogen (secondary N) is 1. The smallest absolute Gasteiger partial charge is 0.298 e. The van der Waals surface area contributed by atoms with Crippen LogP contribution in [-0.4, -0.2) is 40.9 Å². The number of alkyl halides is 2. The Morgan fingerprint density at radius 2 is 2.00 bits per heavy atom. The summed E-state index contributed by atoms with van der Waals surface area (Å²) in [5, 5.41) is 22.2. The normalized spacial score (nSPS) is 37.5. The van der Waals surface area contributed by atoms with Crippen molar-refractivity contribution in [3.63, 3.8) is 0 Å². The van der Waals surface area contributed by atoms with Gasteiger partial charge in [0.1, 0.15) is 0 Å². The first-order valence-corrected chi connectivity index (χ1v) is 4.95. The van der Waals surface area contributed by atoms with E-state index in [4.69, 9.17) is 0 Å². The molecule has 3 N–H and O–H groups in total. The Labute approximate surface area is 86.5 Å². The molecule has 1 spiro atoms. The molecule has 3 atom stereocenters. The molecular formula is C10H13F2NO2. The minimum absolute atomic E-state index is 0.300. The van der Waals surface area contributed by atoms with Gasteiger partial charge in [-0.2, -0.15) is 8.78 Å². The molecule has 3 unspecified atom stereocenters. The highest BCUT2D eigenvalue weighted by Crippen LogP contribution is 2.46. The number of hydrogen-bond acceptors (Lipinski definition) is 3. The number of piperidine rings is 1. The maximum atomic E-state index is 11.9. The summed E-state index contributed by atoms with van der Waals surface area (Å²) >= 11 is 0. The van der Waals surface area contributed by atoms with Gasteiger partial charge in [-0.15, -0.1) is 0 Å². The highest BCUT2D eigenvalue weighted by atomic mass is 19.3. The zero-order chi connectivity index (χ0) is 11.1. The first-order valence-electron chi connectivity index (χ1n) is 4.95. The highest BCUT2D eigenvalue weighted by molar-refractivity contribution is 5.24. The van der Waals surface area contributed by atoms with Crippen LogP contribution in [0.2, 0.25) is 0 Å². The Bertz CT molecular complexity index is 306. The van der Waals surface area contributed by atoms with Gasteiger partial charge in [0.2, 0.25) is 0 Å². The second-order valence-corrected chi connectivity index (χ2v) is 4.16. The molecular weight excluding hydrogens is 204 g/mol. The van der Waals surface area contributed by atoms with Crippen LogP contribution < -0.4 is 5.32 Å². The Morgan fingerprint density at radius 3 is 2.53 bits per heavy atom. The molecule has 2 fully saturated rings. The van der Waals surface area contributed by atoms with E-state index in [1.165, 1.54) is 0 Å². The van der Waals surface area contributed by atoms with Crippen LogP contribution in [0.3, 0.4) is 0 Å². The SMILES string of the molecule is OC1CNC2(CC2)C(C#CC(F)F)C1O. The van der Waals surface area contributed by atoms with E-state index in [2.05, 4.69) is 11.2 Å².